The lowest BCUT2D eigenvalue weighted by atomic mass is 10.2. The highest BCUT2D eigenvalue weighted by Crippen LogP contribution is 2.29. The average molecular weight is 344 g/mol. The molecule has 0 atom stereocenters. The van der Waals surface area contributed by atoms with Crippen LogP contribution in [-0.4, -0.2) is 21.5 Å². The molecular formula is C20H16N4O2. The molecule has 2 heterocycles. The monoisotopic (exact) mass is 344 g/mol. The fraction of sp³-hybridized carbons (Fsp3) is 0.150. The molecule has 0 amide bonds. The van der Waals surface area contributed by atoms with Crippen molar-refractivity contribution in [3.05, 3.63) is 76.0 Å². The van der Waals surface area contributed by atoms with Gasteiger partial charge in [0.05, 0.1) is 26.4 Å². The average Bonchev–Trinajstić information content (AvgIpc) is 2.96. The lowest BCUT2D eigenvalue weighted by Crippen LogP contribution is -2.24. The summed E-state index contributed by atoms with van der Waals surface area (Å²) in [6.07, 6.45) is 1.70. The van der Waals surface area contributed by atoms with Crippen molar-refractivity contribution in [2.45, 2.75) is 6.54 Å². The minimum Gasteiger partial charge on any atom is -0.497 e. The first-order valence-electron chi connectivity index (χ1n) is 8.11. The predicted molar refractivity (Wildman–Crippen MR) is 101 cm³/mol. The highest BCUT2D eigenvalue weighted by molar-refractivity contribution is 6.08. The number of hydrogen-bond donors (Lipinski definition) is 0. The van der Waals surface area contributed by atoms with Gasteiger partial charge in [0, 0.05) is 18.0 Å². The summed E-state index contributed by atoms with van der Waals surface area (Å²) in [6.45, 7) is 7.56. The van der Waals surface area contributed by atoms with Gasteiger partial charge in [-0.05, 0) is 35.2 Å². The number of aromatic nitrogens is 3. The van der Waals surface area contributed by atoms with Gasteiger partial charge in [0.25, 0.3) is 5.56 Å². The number of nitrogens with zero attached hydrogens (tertiary/aromatic N) is 4. The molecule has 0 saturated carbocycles. The SMILES string of the molecule is [C-]#[N+]c1ccc2c(c1)c1cnn(Cc3cccc(OC)c3)c(=O)c1n2C. The normalized spacial score (nSPS) is 11.0. The Balaban J connectivity index is 1.89. The van der Waals surface area contributed by atoms with Gasteiger partial charge in [-0.15, -0.1) is 0 Å². The van der Waals surface area contributed by atoms with E-state index < -0.39 is 0 Å². The largest absolute Gasteiger partial charge is 0.497 e. The van der Waals surface area contributed by atoms with Crippen LogP contribution in [0.2, 0.25) is 0 Å². The van der Waals surface area contributed by atoms with Crippen molar-refractivity contribution in [3.63, 3.8) is 0 Å². The molecule has 0 aliphatic rings. The van der Waals surface area contributed by atoms with Crippen molar-refractivity contribution in [1.29, 1.82) is 0 Å². The molecule has 0 bridgehead atoms. The molecule has 26 heavy (non-hydrogen) atoms. The topological polar surface area (TPSA) is 53.4 Å². The number of hydrogen-bond acceptors (Lipinski definition) is 3. The summed E-state index contributed by atoms with van der Waals surface area (Å²) < 4.78 is 8.55. The smallest absolute Gasteiger partial charge is 0.291 e. The van der Waals surface area contributed by atoms with Crippen LogP contribution in [0.15, 0.2) is 53.5 Å². The molecule has 6 nitrogen and oxygen atoms in total. The summed E-state index contributed by atoms with van der Waals surface area (Å²) >= 11 is 0. The molecule has 0 unspecified atom stereocenters. The summed E-state index contributed by atoms with van der Waals surface area (Å²) in [7, 11) is 3.47. The minimum absolute atomic E-state index is 0.159. The number of benzene rings is 2. The molecule has 2 aromatic heterocycles. The Hall–Kier alpha value is -3.59. The quantitative estimate of drug-likeness (QED) is 0.535. The lowest BCUT2D eigenvalue weighted by molar-refractivity contribution is 0.414. The maximum Gasteiger partial charge on any atom is 0.291 e. The van der Waals surface area contributed by atoms with E-state index in [0.29, 0.717) is 17.7 Å². The maximum atomic E-state index is 13.0. The van der Waals surface area contributed by atoms with Crippen LogP contribution in [0.3, 0.4) is 0 Å². The van der Waals surface area contributed by atoms with E-state index in [-0.39, 0.29) is 5.56 Å². The number of rotatable bonds is 3. The van der Waals surface area contributed by atoms with E-state index in [1.165, 1.54) is 4.68 Å². The van der Waals surface area contributed by atoms with Gasteiger partial charge < -0.3 is 9.30 Å². The summed E-state index contributed by atoms with van der Waals surface area (Å²) in [5, 5.41) is 5.98. The predicted octanol–water partition coefficient (Wildman–Crippen LogP) is 3.50. The Bertz CT molecular complexity index is 1240. The zero-order valence-corrected chi connectivity index (χ0v) is 14.4. The van der Waals surface area contributed by atoms with Crippen molar-refractivity contribution < 1.29 is 4.74 Å². The lowest BCUT2D eigenvalue weighted by Gasteiger charge is -2.07. The van der Waals surface area contributed by atoms with Gasteiger partial charge in [0.2, 0.25) is 0 Å². The van der Waals surface area contributed by atoms with Crippen molar-refractivity contribution >= 4 is 27.5 Å². The summed E-state index contributed by atoms with van der Waals surface area (Å²) in [5.74, 6) is 0.743. The summed E-state index contributed by atoms with van der Waals surface area (Å²) in [6, 6.07) is 13.0. The highest BCUT2D eigenvalue weighted by Gasteiger charge is 2.14. The van der Waals surface area contributed by atoms with E-state index in [1.807, 2.05) is 41.9 Å². The Labute approximate surface area is 149 Å². The van der Waals surface area contributed by atoms with E-state index in [4.69, 9.17) is 11.3 Å². The molecule has 0 spiro atoms. The molecule has 0 radical (unpaired) electrons. The van der Waals surface area contributed by atoms with Crippen LogP contribution >= 0.6 is 0 Å². The zero-order chi connectivity index (χ0) is 18.3. The highest BCUT2D eigenvalue weighted by atomic mass is 16.5. The second-order valence-electron chi connectivity index (χ2n) is 6.09. The third-order valence-corrected chi connectivity index (χ3v) is 4.58. The molecular weight excluding hydrogens is 328 g/mol. The van der Waals surface area contributed by atoms with Gasteiger partial charge >= 0.3 is 0 Å². The fourth-order valence-electron chi connectivity index (χ4n) is 3.28. The molecule has 0 aliphatic carbocycles. The number of aryl methyl sites for hydroxylation is 1. The fourth-order valence-corrected chi connectivity index (χ4v) is 3.28. The van der Waals surface area contributed by atoms with Gasteiger partial charge in [-0.1, -0.05) is 18.2 Å². The van der Waals surface area contributed by atoms with Gasteiger partial charge in [-0.3, -0.25) is 4.79 Å². The third-order valence-electron chi connectivity index (χ3n) is 4.58. The molecule has 0 saturated heterocycles. The van der Waals surface area contributed by atoms with Crippen LogP contribution < -0.4 is 10.3 Å². The molecule has 4 rings (SSSR count). The first-order chi connectivity index (χ1) is 12.6. The minimum atomic E-state index is -0.159. The molecule has 2 aromatic carbocycles. The number of ether oxygens (including phenoxy) is 1. The number of methoxy groups -OCH3 is 1. The Kier molecular flexibility index (Phi) is 3.70. The maximum absolute atomic E-state index is 13.0. The van der Waals surface area contributed by atoms with E-state index in [1.54, 1.807) is 25.4 Å². The second kappa shape index (κ2) is 6.05. The van der Waals surface area contributed by atoms with Crippen molar-refractivity contribution in [1.82, 2.24) is 14.3 Å². The summed E-state index contributed by atoms with van der Waals surface area (Å²) in [5.41, 5.74) is 2.82. The van der Waals surface area contributed by atoms with E-state index in [2.05, 4.69) is 9.94 Å². The van der Waals surface area contributed by atoms with E-state index in [9.17, 15) is 4.79 Å². The van der Waals surface area contributed by atoms with Crippen LogP contribution in [0.4, 0.5) is 5.69 Å². The van der Waals surface area contributed by atoms with Crippen molar-refractivity contribution in [2.24, 2.45) is 7.05 Å². The van der Waals surface area contributed by atoms with Crippen LogP contribution in [0.5, 0.6) is 5.75 Å². The van der Waals surface area contributed by atoms with Gasteiger partial charge in [0.1, 0.15) is 11.3 Å². The molecule has 0 fully saturated rings. The van der Waals surface area contributed by atoms with Gasteiger partial charge in [-0.25, -0.2) is 9.53 Å². The first-order valence-corrected chi connectivity index (χ1v) is 8.11. The molecule has 4 aromatic rings. The standard InChI is InChI=1S/C20H16N4O2/c1-21-14-7-8-18-16(10-14)17-11-22-24(20(25)19(17)23(18)2)12-13-5-4-6-15(9-13)26-3/h4-11H,12H2,2-3H3. The van der Waals surface area contributed by atoms with Gasteiger partial charge in [-0.2, -0.15) is 5.10 Å². The number of fused-ring (bicyclic) bond motifs is 3. The van der Waals surface area contributed by atoms with Crippen LogP contribution in [0, 0.1) is 6.57 Å². The first kappa shape index (κ1) is 15.9. The third kappa shape index (κ3) is 2.42. The van der Waals surface area contributed by atoms with Crippen LogP contribution in [-0.2, 0) is 13.6 Å². The molecule has 128 valence electrons. The molecule has 0 aliphatic heterocycles. The Morgan fingerprint density at radius 2 is 2.04 bits per heavy atom. The van der Waals surface area contributed by atoms with Crippen LogP contribution in [0.25, 0.3) is 26.7 Å². The Morgan fingerprint density at radius 1 is 1.19 bits per heavy atom. The summed E-state index contributed by atoms with van der Waals surface area (Å²) in [4.78, 5) is 16.5. The second-order valence-corrected chi connectivity index (χ2v) is 6.09. The van der Waals surface area contributed by atoms with E-state index >= 15 is 0 Å². The van der Waals surface area contributed by atoms with Crippen LogP contribution in [0.1, 0.15) is 5.56 Å². The molecule has 6 heteroatoms. The van der Waals surface area contributed by atoms with Gasteiger partial charge in [0.15, 0.2) is 5.69 Å². The Morgan fingerprint density at radius 3 is 2.81 bits per heavy atom. The zero-order valence-electron chi connectivity index (χ0n) is 14.4. The van der Waals surface area contributed by atoms with Crippen molar-refractivity contribution in [3.8, 4) is 5.75 Å². The molecule has 0 N–H and O–H groups in total. The van der Waals surface area contributed by atoms with E-state index in [0.717, 1.165) is 27.6 Å². The van der Waals surface area contributed by atoms with Crippen molar-refractivity contribution in [2.75, 3.05) is 7.11 Å².